The Morgan fingerprint density at radius 3 is 2.82 bits per heavy atom. The molecule has 120 valence electrons. The highest BCUT2D eigenvalue weighted by molar-refractivity contribution is 5.98. The van der Waals surface area contributed by atoms with Gasteiger partial charge in [0.1, 0.15) is 0 Å². The fourth-order valence-corrected chi connectivity index (χ4v) is 2.56. The van der Waals surface area contributed by atoms with Crippen molar-refractivity contribution < 1.29 is 18.7 Å². The monoisotopic (exact) mass is 308 g/mol. The number of Topliss-reactive ketones (excluding diaryl/α,β-unsaturated/α-hetero) is 1. The Morgan fingerprint density at radius 2 is 2.18 bits per heavy atom. The third-order valence-corrected chi connectivity index (χ3v) is 3.86. The maximum atomic E-state index is 13.6. The molecule has 1 aromatic carbocycles. The summed E-state index contributed by atoms with van der Waals surface area (Å²) in [6.07, 6.45) is 0.234. The molecule has 0 saturated carbocycles. The number of nitrogens with zero attached hydrogens (tertiary/aromatic N) is 1. The highest BCUT2D eigenvalue weighted by Gasteiger charge is 2.23. The van der Waals surface area contributed by atoms with Crippen LogP contribution in [0.4, 0.5) is 4.39 Å². The number of benzene rings is 1. The number of nitrogens with one attached hydrogen (secondary N) is 1. The maximum Gasteiger partial charge on any atom is 0.223 e. The van der Waals surface area contributed by atoms with Gasteiger partial charge < -0.3 is 15.0 Å². The fraction of sp³-hybridized carbons (Fsp3) is 0.500. The summed E-state index contributed by atoms with van der Waals surface area (Å²) >= 11 is 0. The normalized spacial score (nSPS) is 18.1. The summed E-state index contributed by atoms with van der Waals surface area (Å²) in [7, 11) is 1.37. The number of piperazine rings is 1. The number of ketones is 1. The van der Waals surface area contributed by atoms with E-state index in [9.17, 15) is 14.0 Å². The molecular formula is C16H21FN2O3. The molecule has 0 bridgehead atoms. The van der Waals surface area contributed by atoms with E-state index in [0.29, 0.717) is 6.54 Å². The number of halogens is 1. The number of carbonyl (C=O) groups excluding carboxylic acids is 2. The van der Waals surface area contributed by atoms with Gasteiger partial charge in [-0.15, -0.1) is 0 Å². The van der Waals surface area contributed by atoms with Gasteiger partial charge >= 0.3 is 0 Å². The van der Waals surface area contributed by atoms with Crippen molar-refractivity contribution in [1.29, 1.82) is 0 Å². The zero-order valence-electron chi connectivity index (χ0n) is 12.9. The predicted molar refractivity (Wildman–Crippen MR) is 80.6 cm³/mol. The van der Waals surface area contributed by atoms with Gasteiger partial charge in [0, 0.05) is 44.1 Å². The molecule has 1 atom stereocenters. The summed E-state index contributed by atoms with van der Waals surface area (Å²) in [5, 5.41) is 3.21. The number of methoxy groups -OCH3 is 1. The Morgan fingerprint density at radius 1 is 1.41 bits per heavy atom. The lowest BCUT2D eigenvalue weighted by atomic mass is 10.1. The van der Waals surface area contributed by atoms with Crippen LogP contribution in [0.15, 0.2) is 18.2 Å². The second-order valence-corrected chi connectivity index (χ2v) is 5.41. The summed E-state index contributed by atoms with van der Waals surface area (Å²) in [5.74, 6) is -0.744. The molecule has 0 aliphatic carbocycles. The van der Waals surface area contributed by atoms with Crippen LogP contribution in [0.2, 0.25) is 0 Å². The molecule has 0 radical (unpaired) electrons. The van der Waals surface area contributed by atoms with Gasteiger partial charge in [-0.2, -0.15) is 0 Å². The van der Waals surface area contributed by atoms with Crippen molar-refractivity contribution in [3.05, 3.63) is 29.6 Å². The Labute approximate surface area is 129 Å². The van der Waals surface area contributed by atoms with Crippen LogP contribution < -0.4 is 10.1 Å². The third kappa shape index (κ3) is 3.82. The summed E-state index contributed by atoms with van der Waals surface area (Å²) in [6, 6.07) is 4.22. The summed E-state index contributed by atoms with van der Waals surface area (Å²) in [6.45, 7) is 4.17. The molecule has 1 heterocycles. The van der Waals surface area contributed by atoms with Crippen LogP contribution in [0.5, 0.6) is 5.75 Å². The number of amides is 1. The van der Waals surface area contributed by atoms with Gasteiger partial charge in [0.05, 0.1) is 7.11 Å². The van der Waals surface area contributed by atoms with Crippen LogP contribution in [0, 0.1) is 5.82 Å². The van der Waals surface area contributed by atoms with Crippen molar-refractivity contribution in [2.45, 2.75) is 25.8 Å². The van der Waals surface area contributed by atoms with Gasteiger partial charge in [0.2, 0.25) is 5.91 Å². The van der Waals surface area contributed by atoms with Gasteiger partial charge in [-0.3, -0.25) is 9.59 Å². The van der Waals surface area contributed by atoms with Crippen LogP contribution in [-0.4, -0.2) is 49.4 Å². The van der Waals surface area contributed by atoms with E-state index in [0.717, 1.165) is 19.2 Å². The number of hydrogen-bond acceptors (Lipinski definition) is 4. The molecule has 22 heavy (non-hydrogen) atoms. The Kier molecular flexibility index (Phi) is 5.49. The first kappa shape index (κ1) is 16.4. The van der Waals surface area contributed by atoms with E-state index in [-0.39, 0.29) is 41.9 Å². The lowest BCUT2D eigenvalue weighted by Gasteiger charge is -2.34. The van der Waals surface area contributed by atoms with E-state index in [1.165, 1.54) is 19.2 Å². The van der Waals surface area contributed by atoms with Gasteiger partial charge in [-0.1, -0.05) is 0 Å². The highest BCUT2D eigenvalue weighted by atomic mass is 19.1. The number of hydrogen-bond donors (Lipinski definition) is 1. The smallest absolute Gasteiger partial charge is 0.223 e. The topological polar surface area (TPSA) is 58.6 Å². The summed E-state index contributed by atoms with van der Waals surface area (Å²) in [4.78, 5) is 26.0. The zero-order valence-corrected chi connectivity index (χ0v) is 12.9. The minimum atomic E-state index is -0.574. The van der Waals surface area contributed by atoms with E-state index in [4.69, 9.17) is 4.74 Å². The largest absolute Gasteiger partial charge is 0.494 e. The molecule has 0 aromatic heterocycles. The number of rotatable bonds is 5. The molecule has 1 aliphatic heterocycles. The molecule has 5 nitrogen and oxygen atoms in total. The lowest BCUT2D eigenvalue weighted by molar-refractivity contribution is -0.133. The van der Waals surface area contributed by atoms with Crippen molar-refractivity contribution in [2.24, 2.45) is 0 Å². The Hall–Kier alpha value is -1.95. The first-order chi connectivity index (χ1) is 10.5. The maximum absolute atomic E-state index is 13.6. The van der Waals surface area contributed by atoms with Crippen LogP contribution >= 0.6 is 0 Å². The molecule has 1 saturated heterocycles. The molecule has 6 heteroatoms. The van der Waals surface area contributed by atoms with Crippen LogP contribution in [0.1, 0.15) is 30.1 Å². The number of carbonyl (C=O) groups is 2. The van der Waals surface area contributed by atoms with E-state index < -0.39 is 5.82 Å². The quantitative estimate of drug-likeness (QED) is 0.840. The Balaban J connectivity index is 1.92. The average Bonchev–Trinajstić information content (AvgIpc) is 2.52. The minimum Gasteiger partial charge on any atom is -0.494 e. The zero-order chi connectivity index (χ0) is 16.1. The fourth-order valence-electron chi connectivity index (χ4n) is 2.56. The summed E-state index contributed by atoms with van der Waals surface area (Å²) in [5.41, 5.74) is 0.263. The molecule has 1 amide bonds. The second-order valence-electron chi connectivity index (χ2n) is 5.41. The molecular weight excluding hydrogens is 287 g/mol. The molecule has 1 fully saturated rings. The molecule has 1 N–H and O–H groups in total. The Bertz CT molecular complexity index is 562. The first-order valence-corrected chi connectivity index (χ1v) is 7.40. The van der Waals surface area contributed by atoms with E-state index in [2.05, 4.69) is 5.32 Å². The van der Waals surface area contributed by atoms with Crippen molar-refractivity contribution in [2.75, 3.05) is 26.7 Å². The van der Waals surface area contributed by atoms with Gasteiger partial charge in [-0.25, -0.2) is 4.39 Å². The second kappa shape index (κ2) is 7.35. The predicted octanol–water partition coefficient (Wildman–Crippen LogP) is 1.62. The third-order valence-electron chi connectivity index (χ3n) is 3.86. The molecule has 0 spiro atoms. The lowest BCUT2D eigenvalue weighted by Crippen LogP contribution is -2.52. The van der Waals surface area contributed by atoms with Crippen molar-refractivity contribution in [3.63, 3.8) is 0 Å². The van der Waals surface area contributed by atoms with Crippen LogP contribution in [-0.2, 0) is 4.79 Å². The molecule has 1 aromatic rings. The molecule has 1 unspecified atom stereocenters. The van der Waals surface area contributed by atoms with E-state index in [1.54, 1.807) is 4.90 Å². The highest BCUT2D eigenvalue weighted by Crippen LogP contribution is 2.19. The first-order valence-electron chi connectivity index (χ1n) is 7.40. The van der Waals surface area contributed by atoms with Crippen molar-refractivity contribution in [3.8, 4) is 5.75 Å². The van der Waals surface area contributed by atoms with Gasteiger partial charge in [0.25, 0.3) is 0 Å². The van der Waals surface area contributed by atoms with Gasteiger partial charge in [0.15, 0.2) is 17.3 Å². The van der Waals surface area contributed by atoms with E-state index >= 15 is 0 Å². The van der Waals surface area contributed by atoms with Gasteiger partial charge in [-0.05, 0) is 25.1 Å². The van der Waals surface area contributed by atoms with E-state index in [1.807, 2.05) is 6.92 Å². The van der Waals surface area contributed by atoms with Crippen molar-refractivity contribution in [1.82, 2.24) is 10.2 Å². The molecule has 1 aliphatic rings. The molecule has 2 rings (SSSR count). The van der Waals surface area contributed by atoms with Crippen LogP contribution in [0.25, 0.3) is 0 Å². The number of ether oxygens (including phenoxy) is 1. The SMILES string of the molecule is COc1ccc(C(=O)CCC(=O)N2CCNCC2C)cc1F. The van der Waals surface area contributed by atoms with Crippen LogP contribution in [0.3, 0.4) is 0 Å². The average molecular weight is 308 g/mol. The van der Waals surface area contributed by atoms with Crippen molar-refractivity contribution >= 4 is 11.7 Å². The minimum absolute atomic E-state index is 0.0312. The standard InChI is InChI=1S/C16H21FN2O3/c1-11-10-18-7-8-19(11)16(21)6-4-14(20)12-3-5-15(22-2)13(17)9-12/h3,5,9,11,18H,4,6-8,10H2,1-2H3. The summed E-state index contributed by atoms with van der Waals surface area (Å²) < 4.78 is 18.4.